The molecule has 1 unspecified atom stereocenters. The van der Waals surface area contributed by atoms with Crippen molar-refractivity contribution in [1.82, 2.24) is 5.32 Å². The van der Waals surface area contributed by atoms with Crippen LogP contribution in [0.1, 0.15) is 25.8 Å². The van der Waals surface area contributed by atoms with E-state index in [0.717, 1.165) is 30.7 Å². The predicted molar refractivity (Wildman–Crippen MR) is 64.4 cm³/mol. The van der Waals surface area contributed by atoms with E-state index in [0.29, 0.717) is 6.04 Å². The third-order valence-corrected chi connectivity index (χ3v) is 2.64. The molecule has 1 rings (SSSR count). The largest absolute Gasteiger partial charge is 0.496 e. The number of benzene rings is 1. The summed E-state index contributed by atoms with van der Waals surface area (Å²) >= 11 is 0. The molecule has 0 saturated heterocycles. The highest BCUT2D eigenvalue weighted by atomic mass is 19.1. The van der Waals surface area contributed by atoms with Crippen LogP contribution in [0.15, 0.2) is 18.2 Å². The molecule has 0 fully saturated rings. The zero-order valence-electron chi connectivity index (χ0n) is 10.2. The SMILES string of the molecule is CCNC(C)CCc1cc(F)ccc1OC. The third-order valence-electron chi connectivity index (χ3n) is 2.64. The van der Waals surface area contributed by atoms with Crippen LogP contribution in [0.2, 0.25) is 0 Å². The maximum atomic E-state index is 13.1. The zero-order chi connectivity index (χ0) is 12.0. The molecule has 3 heteroatoms. The highest BCUT2D eigenvalue weighted by Crippen LogP contribution is 2.21. The summed E-state index contributed by atoms with van der Waals surface area (Å²) in [5.41, 5.74) is 0.937. The van der Waals surface area contributed by atoms with Gasteiger partial charge in [0.05, 0.1) is 7.11 Å². The number of methoxy groups -OCH3 is 1. The van der Waals surface area contributed by atoms with E-state index < -0.39 is 0 Å². The molecule has 0 aliphatic rings. The molecule has 0 aliphatic heterocycles. The first-order valence-corrected chi connectivity index (χ1v) is 5.73. The Morgan fingerprint density at radius 2 is 2.19 bits per heavy atom. The van der Waals surface area contributed by atoms with E-state index in [1.165, 1.54) is 6.07 Å². The minimum absolute atomic E-state index is 0.202. The Hall–Kier alpha value is -1.09. The molecule has 90 valence electrons. The second-order valence-electron chi connectivity index (χ2n) is 3.95. The molecule has 0 radical (unpaired) electrons. The third kappa shape index (κ3) is 3.81. The zero-order valence-corrected chi connectivity index (χ0v) is 10.2. The highest BCUT2D eigenvalue weighted by Gasteiger charge is 2.06. The van der Waals surface area contributed by atoms with Gasteiger partial charge in [-0.15, -0.1) is 0 Å². The number of nitrogens with one attached hydrogen (secondary N) is 1. The van der Waals surface area contributed by atoms with Crippen LogP contribution < -0.4 is 10.1 Å². The molecular weight excluding hydrogens is 205 g/mol. The lowest BCUT2D eigenvalue weighted by atomic mass is 10.0. The minimum atomic E-state index is -0.202. The van der Waals surface area contributed by atoms with Crippen LogP contribution in [0.25, 0.3) is 0 Å². The number of rotatable bonds is 6. The molecule has 0 spiro atoms. The van der Waals surface area contributed by atoms with E-state index in [9.17, 15) is 4.39 Å². The van der Waals surface area contributed by atoms with Crippen molar-refractivity contribution in [2.75, 3.05) is 13.7 Å². The summed E-state index contributed by atoms with van der Waals surface area (Å²) in [6.07, 6.45) is 1.81. The Labute approximate surface area is 96.8 Å². The molecule has 1 aromatic rings. The Kier molecular flexibility index (Phi) is 5.26. The first kappa shape index (κ1) is 13.0. The monoisotopic (exact) mass is 225 g/mol. The van der Waals surface area contributed by atoms with Crippen LogP contribution in [-0.2, 0) is 6.42 Å². The number of aryl methyl sites for hydroxylation is 1. The van der Waals surface area contributed by atoms with E-state index >= 15 is 0 Å². The van der Waals surface area contributed by atoms with Gasteiger partial charge in [0.2, 0.25) is 0 Å². The predicted octanol–water partition coefficient (Wildman–Crippen LogP) is 2.76. The Morgan fingerprint density at radius 3 is 2.81 bits per heavy atom. The standard InChI is InChI=1S/C13H20FNO/c1-4-15-10(2)5-6-11-9-12(14)7-8-13(11)16-3/h7-10,15H,4-6H2,1-3H3. The van der Waals surface area contributed by atoms with Gasteiger partial charge < -0.3 is 10.1 Å². The van der Waals surface area contributed by atoms with Gasteiger partial charge in [-0.3, -0.25) is 0 Å². The van der Waals surface area contributed by atoms with Crippen LogP contribution in [-0.4, -0.2) is 19.7 Å². The molecule has 1 aromatic carbocycles. The summed E-state index contributed by atoms with van der Waals surface area (Å²) in [5, 5.41) is 3.33. The molecule has 1 atom stereocenters. The van der Waals surface area contributed by atoms with Crippen LogP contribution >= 0.6 is 0 Å². The van der Waals surface area contributed by atoms with Gasteiger partial charge >= 0.3 is 0 Å². The second kappa shape index (κ2) is 6.48. The molecule has 0 heterocycles. The van der Waals surface area contributed by atoms with Gasteiger partial charge in [0.1, 0.15) is 11.6 Å². The maximum absolute atomic E-state index is 13.1. The van der Waals surface area contributed by atoms with Crippen molar-refractivity contribution in [3.05, 3.63) is 29.6 Å². The van der Waals surface area contributed by atoms with Crippen LogP contribution in [0.3, 0.4) is 0 Å². The Morgan fingerprint density at radius 1 is 1.44 bits per heavy atom. The maximum Gasteiger partial charge on any atom is 0.123 e. The van der Waals surface area contributed by atoms with Crippen molar-refractivity contribution in [3.63, 3.8) is 0 Å². The summed E-state index contributed by atoms with van der Waals surface area (Å²) in [6, 6.07) is 5.11. The van der Waals surface area contributed by atoms with Crippen molar-refractivity contribution in [2.45, 2.75) is 32.7 Å². The highest BCUT2D eigenvalue weighted by molar-refractivity contribution is 5.34. The first-order valence-electron chi connectivity index (χ1n) is 5.73. The van der Waals surface area contributed by atoms with E-state index in [-0.39, 0.29) is 5.82 Å². The Balaban J connectivity index is 2.61. The molecule has 16 heavy (non-hydrogen) atoms. The second-order valence-corrected chi connectivity index (χ2v) is 3.95. The van der Waals surface area contributed by atoms with E-state index in [1.807, 2.05) is 0 Å². The van der Waals surface area contributed by atoms with Gasteiger partial charge in [0.25, 0.3) is 0 Å². The fraction of sp³-hybridized carbons (Fsp3) is 0.538. The lowest BCUT2D eigenvalue weighted by Gasteiger charge is -2.13. The van der Waals surface area contributed by atoms with Crippen molar-refractivity contribution in [3.8, 4) is 5.75 Å². The normalized spacial score (nSPS) is 12.5. The lowest BCUT2D eigenvalue weighted by molar-refractivity contribution is 0.406. The van der Waals surface area contributed by atoms with Crippen LogP contribution in [0.5, 0.6) is 5.75 Å². The van der Waals surface area contributed by atoms with Crippen molar-refractivity contribution in [2.24, 2.45) is 0 Å². The van der Waals surface area contributed by atoms with Gasteiger partial charge in [0.15, 0.2) is 0 Å². The fourth-order valence-corrected chi connectivity index (χ4v) is 1.77. The Bertz CT molecular complexity index is 328. The summed E-state index contributed by atoms with van der Waals surface area (Å²) in [7, 11) is 1.62. The average molecular weight is 225 g/mol. The topological polar surface area (TPSA) is 21.3 Å². The molecular formula is C13H20FNO. The number of ether oxygens (including phenoxy) is 1. The van der Waals surface area contributed by atoms with Crippen molar-refractivity contribution < 1.29 is 9.13 Å². The summed E-state index contributed by atoms with van der Waals surface area (Å²) in [5.74, 6) is 0.567. The van der Waals surface area contributed by atoms with E-state index in [2.05, 4.69) is 19.2 Å². The van der Waals surface area contributed by atoms with Gasteiger partial charge in [-0.05, 0) is 50.1 Å². The molecule has 0 saturated carbocycles. The summed E-state index contributed by atoms with van der Waals surface area (Å²) in [6.45, 7) is 5.18. The molecule has 0 aliphatic carbocycles. The minimum Gasteiger partial charge on any atom is -0.496 e. The van der Waals surface area contributed by atoms with E-state index in [4.69, 9.17) is 4.74 Å². The van der Waals surface area contributed by atoms with Crippen molar-refractivity contribution in [1.29, 1.82) is 0 Å². The van der Waals surface area contributed by atoms with Crippen LogP contribution in [0.4, 0.5) is 4.39 Å². The molecule has 0 bridgehead atoms. The van der Waals surface area contributed by atoms with Crippen LogP contribution in [0, 0.1) is 5.82 Å². The fourth-order valence-electron chi connectivity index (χ4n) is 1.77. The first-order chi connectivity index (χ1) is 7.67. The number of hydrogen-bond donors (Lipinski definition) is 1. The molecule has 2 nitrogen and oxygen atoms in total. The van der Waals surface area contributed by atoms with Gasteiger partial charge in [-0.2, -0.15) is 0 Å². The average Bonchev–Trinajstić information content (AvgIpc) is 2.27. The molecule has 0 amide bonds. The lowest BCUT2D eigenvalue weighted by Crippen LogP contribution is -2.25. The summed E-state index contributed by atoms with van der Waals surface area (Å²) in [4.78, 5) is 0. The van der Waals surface area contributed by atoms with Gasteiger partial charge in [0, 0.05) is 6.04 Å². The van der Waals surface area contributed by atoms with Gasteiger partial charge in [-0.25, -0.2) is 4.39 Å². The molecule has 1 N–H and O–H groups in total. The van der Waals surface area contributed by atoms with Crippen molar-refractivity contribution >= 4 is 0 Å². The van der Waals surface area contributed by atoms with Gasteiger partial charge in [-0.1, -0.05) is 6.92 Å². The van der Waals surface area contributed by atoms with E-state index in [1.54, 1.807) is 19.2 Å². The number of halogens is 1. The molecule has 0 aromatic heterocycles. The number of hydrogen-bond acceptors (Lipinski definition) is 2. The quantitative estimate of drug-likeness (QED) is 0.803. The summed E-state index contributed by atoms with van der Waals surface area (Å²) < 4.78 is 18.3. The smallest absolute Gasteiger partial charge is 0.123 e.